The molecule has 0 amide bonds. The van der Waals surface area contributed by atoms with Gasteiger partial charge in [0, 0.05) is 23.6 Å². The molecule has 0 spiro atoms. The Hall–Kier alpha value is -1.62. The monoisotopic (exact) mass is 668 g/mol. The molecule has 0 aromatic heterocycles. The largest absolute Gasteiger partial charge is 0.462 e. The summed E-state index contributed by atoms with van der Waals surface area (Å²) in [6.45, 7) is 23.0. The van der Waals surface area contributed by atoms with Crippen LogP contribution in [0, 0.1) is 64.1 Å². The number of fused-ring (bicyclic) bond motifs is 5. The summed E-state index contributed by atoms with van der Waals surface area (Å²) in [5.41, 5.74) is 1.93. The van der Waals surface area contributed by atoms with Crippen molar-refractivity contribution in [3.63, 3.8) is 0 Å². The lowest BCUT2D eigenvalue weighted by Crippen LogP contribution is -2.53. The minimum Gasteiger partial charge on any atom is -0.462 e. The molecule has 5 nitrogen and oxygen atoms in total. The standard InChI is InChI=1S/C43H73NO4/c1-29(2)13-11-14-31(5)37-19-20-38-36-18-17-35-25-33(21-23-42(35,7)39(36)22-24-43(37,38)8)15-12-16-34(27-47-40(45)30(3)4)28-48-41(46)32(6)26-44(9)10/h29,31,33-39H,3,6,11-28H2,1-2,4-5,7-10H3/t31-,33+,34?,35+,36+,37?,38+,39+,42+,43-/m1/s1. The number of carbonyl (C=O) groups excluding carboxylic acids is 2. The molecule has 2 unspecified atom stereocenters. The second-order valence-corrected chi connectivity index (χ2v) is 18.4. The molecule has 0 N–H and O–H groups in total. The molecule has 274 valence electrons. The minimum absolute atomic E-state index is 0.0154. The second-order valence-electron chi connectivity index (χ2n) is 18.4. The molecular formula is C43H73NO4. The molecule has 0 aromatic carbocycles. The molecule has 4 saturated carbocycles. The summed E-state index contributed by atoms with van der Waals surface area (Å²) in [4.78, 5) is 26.6. The molecule has 4 fully saturated rings. The molecule has 10 atom stereocenters. The van der Waals surface area contributed by atoms with E-state index in [-0.39, 0.29) is 31.1 Å². The minimum atomic E-state index is -0.377. The van der Waals surface area contributed by atoms with Crippen molar-refractivity contribution in [1.82, 2.24) is 4.90 Å². The quantitative estimate of drug-likeness (QED) is 0.114. The van der Waals surface area contributed by atoms with Crippen LogP contribution < -0.4 is 0 Å². The van der Waals surface area contributed by atoms with E-state index in [4.69, 9.17) is 9.47 Å². The van der Waals surface area contributed by atoms with E-state index in [2.05, 4.69) is 47.8 Å². The number of hydrogen-bond acceptors (Lipinski definition) is 5. The lowest BCUT2D eigenvalue weighted by Gasteiger charge is -2.61. The maximum absolute atomic E-state index is 12.5. The fourth-order valence-electron chi connectivity index (χ4n) is 11.6. The number of likely N-dealkylation sites (N-methyl/N-ethyl adjacent to an activating group) is 1. The zero-order valence-corrected chi connectivity index (χ0v) is 32.4. The highest BCUT2D eigenvalue weighted by molar-refractivity contribution is 5.88. The van der Waals surface area contributed by atoms with E-state index in [1.165, 1.54) is 83.5 Å². The first kappa shape index (κ1) is 39.2. The molecule has 4 aliphatic rings. The molecule has 0 bridgehead atoms. The van der Waals surface area contributed by atoms with E-state index in [1.807, 2.05) is 19.0 Å². The molecule has 0 radical (unpaired) electrons. The summed E-state index contributed by atoms with van der Waals surface area (Å²) >= 11 is 0. The van der Waals surface area contributed by atoms with Gasteiger partial charge >= 0.3 is 11.9 Å². The van der Waals surface area contributed by atoms with Gasteiger partial charge in [-0.05, 0) is 143 Å². The van der Waals surface area contributed by atoms with Gasteiger partial charge in [-0.1, -0.05) is 79.9 Å². The number of esters is 2. The molecule has 4 rings (SSSR count). The Bertz CT molecular complexity index is 1110. The maximum Gasteiger partial charge on any atom is 0.334 e. The third kappa shape index (κ3) is 9.38. The van der Waals surface area contributed by atoms with Crippen LogP contribution in [-0.4, -0.2) is 50.7 Å². The predicted molar refractivity (Wildman–Crippen MR) is 198 cm³/mol. The fourth-order valence-corrected chi connectivity index (χ4v) is 11.6. The summed E-state index contributed by atoms with van der Waals surface area (Å²) in [5.74, 6) is 6.36. The van der Waals surface area contributed by atoms with E-state index in [0.717, 1.165) is 60.2 Å². The molecule has 5 heteroatoms. The molecule has 0 saturated heterocycles. The van der Waals surface area contributed by atoms with Crippen molar-refractivity contribution in [1.29, 1.82) is 0 Å². The van der Waals surface area contributed by atoms with Gasteiger partial charge in [0.15, 0.2) is 0 Å². The highest BCUT2D eigenvalue weighted by Crippen LogP contribution is 2.68. The highest BCUT2D eigenvalue weighted by atomic mass is 16.5. The van der Waals surface area contributed by atoms with Crippen LogP contribution in [0.3, 0.4) is 0 Å². The lowest BCUT2D eigenvalue weighted by molar-refractivity contribution is -0.144. The Labute approximate surface area is 295 Å². The van der Waals surface area contributed by atoms with Gasteiger partial charge in [-0.2, -0.15) is 0 Å². The normalized spacial score (nSPS) is 34.1. The van der Waals surface area contributed by atoms with Gasteiger partial charge in [0.25, 0.3) is 0 Å². The van der Waals surface area contributed by atoms with Gasteiger partial charge in [-0.25, -0.2) is 9.59 Å². The van der Waals surface area contributed by atoms with Crippen LogP contribution in [0.4, 0.5) is 0 Å². The van der Waals surface area contributed by atoms with Crippen molar-refractivity contribution in [3.8, 4) is 0 Å². The van der Waals surface area contributed by atoms with Gasteiger partial charge in [0.1, 0.15) is 0 Å². The van der Waals surface area contributed by atoms with Crippen molar-refractivity contribution in [2.24, 2.45) is 64.1 Å². The summed E-state index contributed by atoms with van der Waals surface area (Å²) in [5, 5.41) is 0. The van der Waals surface area contributed by atoms with Crippen molar-refractivity contribution < 1.29 is 19.1 Å². The molecule has 0 heterocycles. The van der Waals surface area contributed by atoms with E-state index in [0.29, 0.717) is 28.5 Å². The van der Waals surface area contributed by atoms with E-state index in [9.17, 15) is 9.59 Å². The SMILES string of the molecule is C=C(C)C(=O)OCC(CCC[C@H]1CC[C@@]2(C)[C@@H](CC[C@@H]3[C@@H]2CC[C@]2(C)C([C@H](C)CCCC(C)C)CC[C@@H]32)C1)COC(=O)C(=C)CN(C)C. The van der Waals surface area contributed by atoms with Crippen LogP contribution in [-0.2, 0) is 19.1 Å². The zero-order valence-electron chi connectivity index (χ0n) is 32.4. The predicted octanol–water partition coefficient (Wildman–Crippen LogP) is 10.3. The van der Waals surface area contributed by atoms with Crippen LogP contribution in [0.2, 0.25) is 0 Å². The summed E-state index contributed by atoms with van der Waals surface area (Å²) in [6.07, 6.45) is 20.3. The first-order valence-corrected chi connectivity index (χ1v) is 20.0. The second kappa shape index (κ2) is 17.1. The van der Waals surface area contributed by atoms with Crippen molar-refractivity contribution in [3.05, 3.63) is 24.3 Å². The average molecular weight is 668 g/mol. The van der Waals surface area contributed by atoms with Crippen molar-refractivity contribution >= 4 is 11.9 Å². The van der Waals surface area contributed by atoms with Crippen LogP contribution in [0.25, 0.3) is 0 Å². The Morgan fingerprint density at radius 2 is 1.48 bits per heavy atom. The molecule has 4 aliphatic carbocycles. The van der Waals surface area contributed by atoms with E-state index >= 15 is 0 Å². The highest BCUT2D eigenvalue weighted by Gasteiger charge is 2.60. The molecule has 0 aliphatic heterocycles. The summed E-state index contributed by atoms with van der Waals surface area (Å²) in [6, 6.07) is 0. The number of carbonyl (C=O) groups is 2. The van der Waals surface area contributed by atoms with Crippen molar-refractivity contribution in [2.45, 2.75) is 138 Å². The maximum atomic E-state index is 12.5. The van der Waals surface area contributed by atoms with Gasteiger partial charge in [0.2, 0.25) is 0 Å². The lowest BCUT2D eigenvalue weighted by atomic mass is 9.44. The van der Waals surface area contributed by atoms with Gasteiger partial charge in [0.05, 0.1) is 13.2 Å². The molecule has 48 heavy (non-hydrogen) atoms. The van der Waals surface area contributed by atoms with Crippen molar-refractivity contribution in [2.75, 3.05) is 33.9 Å². The van der Waals surface area contributed by atoms with E-state index in [1.54, 1.807) is 6.92 Å². The third-order valence-electron chi connectivity index (χ3n) is 14.2. The van der Waals surface area contributed by atoms with E-state index < -0.39 is 0 Å². The summed E-state index contributed by atoms with van der Waals surface area (Å²) in [7, 11) is 3.81. The zero-order chi connectivity index (χ0) is 35.2. The third-order valence-corrected chi connectivity index (χ3v) is 14.2. The first-order valence-electron chi connectivity index (χ1n) is 20.0. The topological polar surface area (TPSA) is 55.8 Å². The first-order chi connectivity index (χ1) is 22.7. The number of nitrogens with zero attached hydrogens (tertiary/aromatic N) is 1. The van der Waals surface area contributed by atoms with Crippen LogP contribution in [0.1, 0.15) is 138 Å². The average Bonchev–Trinajstić information content (AvgIpc) is 3.38. The summed E-state index contributed by atoms with van der Waals surface area (Å²) < 4.78 is 11.2. The van der Waals surface area contributed by atoms with Crippen LogP contribution in [0.15, 0.2) is 24.3 Å². The Balaban J connectivity index is 1.29. The fraction of sp³-hybridized carbons (Fsp3) is 0.860. The Morgan fingerprint density at radius 3 is 2.15 bits per heavy atom. The Kier molecular flexibility index (Phi) is 13.9. The number of hydrogen-bond donors (Lipinski definition) is 0. The van der Waals surface area contributed by atoms with Gasteiger partial charge in [-0.15, -0.1) is 0 Å². The smallest absolute Gasteiger partial charge is 0.334 e. The van der Waals surface area contributed by atoms with Crippen LogP contribution >= 0.6 is 0 Å². The van der Waals surface area contributed by atoms with Crippen LogP contribution in [0.5, 0.6) is 0 Å². The molecule has 0 aromatic rings. The Morgan fingerprint density at radius 1 is 0.812 bits per heavy atom. The van der Waals surface area contributed by atoms with Gasteiger partial charge < -0.3 is 14.4 Å². The number of rotatable bonds is 17. The van der Waals surface area contributed by atoms with Gasteiger partial charge in [-0.3, -0.25) is 0 Å². The number of ether oxygens (including phenoxy) is 2. The molecular weight excluding hydrogens is 594 g/mol.